The summed E-state index contributed by atoms with van der Waals surface area (Å²) in [6.45, 7) is 2.15. The molecule has 1 heterocycles. The quantitative estimate of drug-likeness (QED) is 0.714. The summed E-state index contributed by atoms with van der Waals surface area (Å²) in [6.07, 6.45) is 6.28. The Kier molecular flexibility index (Phi) is 5.91. The Hall–Kier alpha value is -1.86. The van der Waals surface area contributed by atoms with Crippen LogP contribution in [0.4, 0.5) is 10.1 Å². The van der Waals surface area contributed by atoms with Crippen molar-refractivity contribution < 1.29 is 8.81 Å². The second-order valence-electron chi connectivity index (χ2n) is 7.72. The van der Waals surface area contributed by atoms with Crippen LogP contribution in [0.5, 0.6) is 0 Å². The summed E-state index contributed by atoms with van der Waals surface area (Å²) in [5.41, 5.74) is 8.00. The molecule has 1 aromatic carbocycles. The van der Waals surface area contributed by atoms with Crippen molar-refractivity contribution in [2.24, 2.45) is 11.7 Å². The molecule has 2 fully saturated rings. The van der Waals surface area contributed by atoms with E-state index in [1.54, 1.807) is 0 Å². The van der Waals surface area contributed by atoms with E-state index in [1.807, 2.05) is 6.07 Å². The lowest BCUT2D eigenvalue weighted by Gasteiger charge is -2.32. The number of anilines is 1. The van der Waals surface area contributed by atoms with E-state index in [4.69, 9.17) is 10.2 Å². The van der Waals surface area contributed by atoms with Gasteiger partial charge in [-0.15, -0.1) is 17.5 Å². The number of hydrogen-bond acceptors (Lipinski definition) is 5. The summed E-state index contributed by atoms with van der Waals surface area (Å²) in [5.74, 6) is -0.0127. The van der Waals surface area contributed by atoms with E-state index >= 15 is 0 Å². The first-order valence-electron chi connectivity index (χ1n) is 9.42. The lowest BCUT2D eigenvalue weighted by atomic mass is 9.82. The first-order valence-corrected chi connectivity index (χ1v) is 9.42. The average Bonchev–Trinajstić information content (AvgIpc) is 3.34. The maximum atomic E-state index is 14.8. The van der Waals surface area contributed by atoms with Gasteiger partial charge in [-0.3, -0.25) is 0 Å². The number of rotatable bonds is 5. The zero-order valence-corrected chi connectivity index (χ0v) is 16.2. The highest BCUT2D eigenvalue weighted by atomic mass is 35.5. The Morgan fingerprint density at radius 3 is 2.56 bits per heavy atom. The molecule has 2 aliphatic rings. The average molecular weight is 397 g/mol. The molecule has 4 rings (SSSR count). The van der Waals surface area contributed by atoms with Gasteiger partial charge in [-0.05, 0) is 69.4 Å². The van der Waals surface area contributed by atoms with Crippen molar-refractivity contribution in [1.82, 2.24) is 10.2 Å². The van der Waals surface area contributed by atoms with Gasteiger partial charge in [0.15, 0.2) is 0 Å². The van der Waals surface area contributed by atoms with Gasteiger partial charge in [0.25, 0.3) is 0 Å². The van der Waals surface area contributed by atoms with Crippen molar-refractivity contribution in [2.45, 2.75) is 63.5 Å². The first kappa shape index (κ1) is 19.9. The predicted octanol–water partition coefficient (Wildman–Crippen LogP) is 3.79. The number of nitrogens with one attached hydrogen (secondary N) is 2. The molecule has 0 amide bonds. The normalized spacial score (nSPS) is 23.5. The van der Waals surface area contributed by atoms with Gasteiger partial charge in [0.05, 0.1) is 0 Å². The summed E-state index contributed by atoms with van der Waals surface area (Å²) in [7, 11) is 0. The van der Waals surface area contributed by atoms with E-state index in [0.29, 0.717) is 17.5 Å². The first-order chi connectivity index (χ1) is 12.5. The van der Waals surface area contributed by atoms with Gasteiger partial charge in [0.2, 0.25) is 5.89 Å². The topological polar surface area (TPSA) is 96.9 Å². The lowest BCUT2D eigenvalue weighted by molar-refractivity contribution is 0.302. The van der Waals surface area contributed by atoms with E-state index in [1.165, 1.54) is 6.07 Å². The summed E-state index contributed by atoms with van der Waals surface area (Å²) in [5, 5.41) is 9.58. The van der Waals surface area contributed by atoms with Gasteiger partial charge >= 0.3 is 5.76 Å². The molecule has 8 heteroatoms. The van der Waals surface area contributed by atoms with Crippen molar-refractivity contribution in [3.63, 3.8) is 0 Å². The number of hydrogen-bond donors (Lipinski definition) is 3. The third kappa shape index (κ3) is 4.35. The Morgan fingerprint density at radius 2 is 1.96 bits per heavy atom. The standard InChI is InChI=1S/C19H25FN4O2.ClH/c1-10(11-4-6-14(21)7-5-11)22-16-9-13(18-23-24-19(25)26-18)8-15(20)17(16)12-2-3-12;/h8-12,14,22H,2-7,21H2,1H3,(H,24,25);1H/t10-,11?,14?;/m0./s1. The largest absolute Gasteiger partial charge is 0.434 e. The number of aromatic amines is 1. The molecule has 0 bridgehead atoms. The number of H-pyrrole nitrogens is 1. The van der Waals surface area contributed by atoms with Crippen LogP contribution in [0, 0.1) is 11.7 Å². The molecular formula is C19H26ClFN4O2. The van der Waals surface area contributed by atoms with Crippen molar-refractivity contribution in [2.75, 3.05) is 5.32 Å². The van der Waals surface area contributed by atoms with E-state index in [2.05, 4.69) is 22.4 Å². The van der Waals surface area contributed by atoms with Crippen LogP contribution in [-0.4, -0.2) is 22.3 Å². The van der Waals surface area contributed by atoms with Gasteiger partial charge in [-0.2, -0.15) is 0 Å². The zero-order valence-electron chi connectivity index (χ0n) is 15.3. The summed E-state index contributed by atoms with van der Waals surface area (Å²) < 4.78 is 19.8. The van der Waals surface area contributed by atoms with E-state index in [-0.39, 0.29) is 36.1 Å². The molecule has 27 heavy (non-hydrogen) atoms. The highest BCUT2D eigenvalue weighted by Gasteiger charge is 2.31. The lowest BCUT2D eigenvalue weighted by Crippen LogP contribution is -2.34. The van der Waals surface area contributed by atoms with E-state index < -0.39 is 5.76 Å². The van der Waals surface area contributed by atoms with Crippen molar-refractivity contribution in [3.05, 3.63) is 34.1 Å². The molecular weight excluding hydrogens is 371 g/mol. The van der Waals surface area contributed by atoms with E-state index in [0.717, 1.165) is 49.8 Å². The van der Waals surface area contributed by atoms with Crippen LogP contribution >= 0.6 is 12.4 Å². The second-order valence-corrected chi connectivity index (χ2v) is 7.72. The van der Waals surface area contributed by atoms with Gasteiger partial charge in [-0.1, -0.05) is 0 Å². The van der Waals surface area contributed by atoms with Crippen molar-refractivity contribution >= 4 is 18.1 Å². The van der Waals surface area contributed by atoms with Crippen LogP contribution in [0.2, 0.25) is 0 Å². The van der Waals surface area contributed by atoms with Crippen molar-refractivity contribution in [3.8, 4) is 11.5 Å². The van der Waals surface area contributed by atoms with Crippen LogP contribution in [0.3, 0.4) is 0 Å². The molecule has 0 spiro atoms. The molecule has 6 nitrogen and oxygen atoms in total. The monoisotopic (exact) mass is 396 g/mol. The zero-order chi connectivity index (χ0) is 18.3. The van der Waals surface area contributed by atoms with Crippen LogP contribution < -0.4 is 16.8 Å². The van der Waals surface area contributed by atoms with Gasteiger partial charge in [0, 0.05) is 28.9 Å². The Balaban J connectivity index is 0.00000210. The fourth-order valence-corrected chi connectivity index (χ4v) is 4.01. The molecule has 2 aliphatic carbocycles. The van der Waals surface area contributed by atoms with Crippen molar-refractivity contribution in [1.29, 1.82) is 0 Å². The van der Waals surface area contributed by atoms with Crippen LogP contribution in [0.15, 0.2) is 21.3 Å². The van der Waals surface area contributed by atoms with Gasteiger partial charge in [0.1, 0.15) is 5.82 Å². The molecule has 2 aromatic rings. The van der Waals surface area contributed by atoms with Crippen LogP contribution in [-0.2, 0) is 0 Å². The fraction of sp³-hybridized carbons (Fsp3) is 0.579. The summed E-state index contributed by atoms with van der Waals surface area (Å²) >= 11 is 0. The molecule has 1 atom stereocenters. The maximum Gasteiger partial charge on any atom is 0.434 e. The highest BCUT2D eigenvalue weighted by Crippen LogP contribution is 2.46. The Bertz CT molecular complexity index is 840. The number of benzene rings is 1. The Morgan fingerprint density at radius 1 is 1.26 bits per heavy atom. The second kappa shape index (κ2) is 8.02. The minimum absolute atomic E-state index is 0. The van der Waals surface area contributed by atoms with Gasteiger partial charge < -0.3 is 15.5 Å². The highest BCUT2D eigenvalue weighted by molar-refractivity contribution is 5.85. The van der Waals surface area contributed by atoms with Gasteiger partial charge in [-0.25, -0.2) is 14.3 Å². The molecule has 2 saturated carbocycles. The molecule has 0 unspecified atom stereocenters. The number of aromatic nitrogens is 2. The van der Waals surface area contributed by atoms with E-state index in [9.17, 15) is 9.18 Å². The minimum Gasteiger partial charge on any atom is -0.388 e. The SMILES string of the molecule is C[C@H](Nc1cc(-c2n[nH]c(=O)o2)cc(F)c1C1CC1)C1CCC(N)CC1.Cl. The Labute approximate surface area is 163 Å². The molecule has 0 radical (unpaired) electrons. The molecule has 0 saturated heterocycles. The smallest absolute Gasteiger partial charge is 0.388 e. The molecule has 148 valence electrons. The fourth-order valence-electron chi connectivity index (χ4n) is 4.01. The molecule has 0 aliphatic heterocycles. The minimum atomic E-state index is -0.645. The number of nitrogens with zero attached hydrogens (tertiary/aromatic N) is 1. The number of halogens is 2. The third-order valence-corrected chi connectivity index (χ3v) is 5.71. The summed E-state index contributed by atoms with van der Waals surface area (Å²) in [6, 6.07) is 3.79. The maximum absolute atomic E-state index is 14.8. The summed E-state index contributed by atoms with van der Waals surface area (Å²) in [4.78, 5) is 11.2. The molecule has 1 aromatic heterocycles. The van der Waals surface area contributed by atoms with Crippen LogP contribution in [0.25, 0.3) is 11.5 Å². The van der Waals surface area contributed by atoms with Crippen LogP contribution in [0.1, 0.15) is 56.9 Å². The third-order valence-electron chi connectivity index (χ3n) is 5.71. The predicted molar refractivity (Wildman–Crippen MR) is 105 cm³/mol. The molecule has 4 N–H and O–H groups in total. The number of nitrogens with two attached hydrogens (primary N) is 1.